The summed E-state index contributed by atoms with van der Waals surface area (Å²) in [6.07, 6.45) is 0. The van der Waals surface area contributed by atoms with Crippen molar-refractivity contribution in [2.24, 2.45) is 0 Å². The van der Waals surface area contributed by atoms with Crippen molar-refractivity contribution >= 4 is 23.6 Å². The number of hydrogen-bond donors (Lipinski definition) is 0. The Bertz CT molecular complexity index is 250. The van der Waals surface area contributed by atoms with Crippen molar-refractivity contribution in [1.29, 1.82) is 0 Å². The Morgan fingerprint density at radius 3 is 2.67 bits per heavy atom. The van der Waals surface area contributed by atoms with Crippen molar-refractivity contribution in [3.8, 4) is 0 Å². The predicted molar refractivity (Wildman–Crippen MR) is 40.4 cm³/mol. The largest absolute Gasteiger partial charge is 0.415 e. The minimum Gasteiger partial charge on any atom is -0.415 e. The van der Waals surface area contributed by atoms with Crippen LogP contribution in [0.3, 0.4) is 0 Å². The Balaban J connectivity index is 3.23. The third-order valence-electron chi connectivity index (χ3n) is 0.999. The zero-order valence-corrected chi connectivity index (χ0v) is 6.88. The average Bonchev–Trinajstić information content (AvgIpc) is 2.12. The number of nitrogens with zero attached hydrogens (tertiary/aromatic N) is 1. The molecule has 0 aliphatic rings. The van der Waals surface area contributed by atoms with Gasteiger partial charge in [0.15, 0.2) is 3.95 Å². The first-order valence-corrected chi connectivity index (χ1v) is 3.76. The molecule has 0 saturated heterocycles. The lowest BCUT2D eigenvalue weighted by atomic mass is 10.6. The van der Waals surface area contributed by atoms with Crippen LogP contribution in [0.2, 0.25) is 0 Å². The topological polar surface area (TPSA) is 14.2 Å². The maximum Gasteiger partial charge on any atom is 0.196 e. The van der Waals surface area contributed by atoms with Gasteiger partial charge in [-0.25, -0.2) is 0 Å². The Hall–Kier alpha value is -0.350. The van der Waals surface area contributed by atoms with Crippen molar-refractivity contribution in [3.63, 3.8) is 0 Å². The fraction of sp³-hybridized carbons (Fsp3) is 0.400. The van der Waals surface area contributed by atoms with Gasteiger partial charge in [-0.2, -0.15) is 4.73 Å². The van der Waals surface area contributed by atoms with Crippen LogP contribution in [-0.4, -0.2) is 11.8 Å². The molecule has 0 saturated carbocycles. The van der Waals surface area contributed by atoms with E-state index in [0.717, 1.165) is 9.65 Å². The first-order valence-electron chi connectivity index (χ1n) is 2.47. The molecule has 1 rings (SSSR count). The number of hydrogen-bond acceptors (Lipinski definition) is 3. The van der Waals surface area contributed by atoms with Gasteiger partial charge in [-0.1, -0.05) is 0 Å². The zero-order chi connectivity index (χ0) is 6.85. The molecule has 0 bridgehead atoms. The lowest BCUT2D eigenvalue weighted by Crippen LogP contribution is -2.06. The van der Waals surface area contributed by atoms with Crippen molar-refractivity contribution in [2.75, 3.05) is 7.11 Å². The summed E-state index contributed by atoms with van der Waals surface area (Å²) in [6, 6.07) is 0. The van der Waals surface area contributed by atoms with Gasteiger partial charge >= 0.3 is 0 Å². The third kappa shape index (κ3) is 1.14. The van der Waals surface area contributed by atoms with E-state index in [1.165, 1.54) is 11.3 Å². The van der Waals surface area contributed by atoms with Crippen molar-refractivity contribution < 1.29 is 4.84 Å². The minimum atomic E-state index is 0.759. The van der Waals surface area contributed by atoms with Crippen LogP contribution in [0.1, 0.15) is 5.69 Å². The summed E-state index contributed by atoms with van der Waals surface area (Å²) >= 11 is 6.44. The molecule has 2 nitrogen and oxygen atoms in total. The smallest absolute Gasteiger partial charge is 0.196 e. The molecule has 9 heavy (non-hydrogen) atoms. The average molecular weight is 161 g/mol. The molecule has 0 aromatic carbocycles. The minimum absolute atomic E-state index is 0.759. The summed E-state index contributed by atoms with van der Waals surface area (Å²) in [4.78, 5) is 4.94. The molecule has 0 amide bonds. The fourth-order valence-electron chi connectivity index (χ4n) is 0.594. The number of aryl methyl sites for hydroxylation is 1. The van der Waals surface area contributed by atoms with Gasteiger partial charge in [0.25, 0.3) is 0 Å². The molecule has 1 aromatic rings. The summed E-state index contributed by atoms with van der Waals surface area (Å²) in [5, 5.41) is 1.96. The lowest BCUT2D eigenvalue weighted by molar-refractivity contribution is 0.160. The highest BCUT2D eigenvalue weighted by atomic mass is 32.1. The fourth-order valence-corrected chi connectivity index (χ4v) is 1.64. The van der Waals surface area contributed by atoms with E-state index in [-0.39, 0.29) is 0 Å². The summed E-state index contributed by atoms with van der Waals surface area (Å²) in [5.41, 5.74) is 1.05. The quantitative estimate of drug-likeness (QED) is 0.581. The summed E-state index contributed by atoms with van der Waals surface area (Å²) in [6.45, 7) is 1.95. The molecular formula is C5H7NOS2. The highest BCUT2D eigenvalue weighted by molar-refractivity contribution is 7.73. The molecule has 0 spiro atoms. The first-order chi connectivity index (χ1) is 4.25. The van der Waals surface area contributed by atoms with E-state index in [4.69, 9.17) is 17.1 Å². The molecule has 1 heterocycles. The summed E-state index contributed by atoms with van der Waals surface area (Å²) in [5.74, 6) is 0. The summed E-state index contributed by atoms with van der Waals surface area (Å²) < 4.78 is 2.38. The third-order valence-corrected chi connectivity index (χ3v) is 2.28. The van der Waals surface area contributed by atoms with Crippen molar-refractivity contribution in [3.05, 3.63) is 15.0 Å². The van der Waals surface area contributed by atoms with Crippen LogP contribution < -0.4 is 4.84 Å². The SMILES string of the molecule is COn1c(C)csc1=S. The monoisotopic (exact) mass is 161 g/mol. The Morgan fingerprint density at radius 2 is 2.44 bits per heavy atom. The Morgan fingerprint density at radius 1 is 1.78 bits per heavy atom. The standard InChI is InChI=1S/C5H7NOS2/c1-4-3-9-5(8)6(4)7-2/h3H,1-2H3. The molecule has 0 radical (unpaired) electrons. The van der Waals surface area contributed by atoms with Crippen molar-refractivity contribution in [2.45, 2.75) is 6.92 Å². The molecule has 0 aliphatic heterocycles. The van der Waals surface area contributed by atoms with Crippen LogP contribution in [0.15, 0.2) is 5.38 Å². The highest BCUT2D eigenvalue weighted by Crippen LogP contribution is 2.06. The first kappa shape index (κ1) is 6.77. The van der Waals surface area contributed by atoms with Crippen LogP contribution in [-0.2, 0) is 0 Å². The number of rotatable bonds is 1. The Labute approximate surface area is 62.7 Å². The van der Waals surface area contributed by atoms with Crippen LogP contribution in [0.5, 0.6) is 0 Å². The van der Waals surface area contributed by atoms with Crippen LogP contribution in [0, 0.1) is 10.9 Å². The zero-order valence-electron chi connectivity index (χ0n) is 5.25. The van der Waals surface area contributed by atoms with Crippen molar-refractivity contribution in [1.82, 2.24) is 4.73 Å². The van der Waals surface area contributed by atoms with Gasteiger partial charge in [0, 0.05) is 5.38 Å². The molecule has 0 aliphatic carbocycles. The van der Waals surface area contributed by atoms with Gasteiger partial charge in [0.05, 0.1) is 5.69 Å². The highest BCUT2D eigenvalue weighted by Gasteiger charge is 1.95. The van der Waals surface area contributed by atoms with E-state index in [9.17, 15) is 0 Å². The van der Waals surface area contributed by atoms with E-state index in [0.29, 0.717) is 0 Å². The van der Waals surface area contributed by atoms with Crippen LogP contribution in [0.25, 0.3) is 0 Å². The second kappa shape index (κ2) is 2.49. The lowest BCUT2D eigenvalue weighted by Gasteiger charge is -1.99. The van der Waals surface area contributed by atoms with Gasteiger partial charge in [-0.05, 0) is 19.1 Å². The molecule has 4 heteroatoms. The Kier molecular flexibility index (Phi) is 1.87. The van der Waals surface area contributed by atoms with Crippen LogP contribution >= 0.6 is 23.6 Å². The predicted octanol–water partition coefficient (Wildman–Crippen LogP) is 1.65. The van der Waals surface area contributed by atoms with Gasteiger partial charge in [0.2, 0.25) is 0 Å². The van der Waals surface area contributed by atoms with Gasteiger partial charge in [-0.15, -0.1) is 11.3 Å². The molecule has 0 N–H and O–H groups in total. The van der Waals surface area contributed by atoms with E-state index in [1.807, 2.05) is 12.3 Å². The molecule has 0 fully saturated rings. The molecule has 0 unspecified atom stereocenters. The van der Waals surface area contributed by atoms with E-state index >= 15 is 0 Å². The molecule has 1 aromatic heterocycles. The van der Waals surface area contributed by atoms with Gasteiger partial charge < -0.3 is 4.84 Å². The van der Waals surface area contributed by atoms with E-state index < -0.39 is 0 Å². The molecule has 50 valence electrons. The van der Waals surface area contributed by atoms with E-state index in [1.54, 1.807) is 11.8 Å². The maximum atomic E-state index is 4.94. The second-order valence-electron chi connectivity index (χ2n) is 1.62. The summed E-state index contributed by atoms with van der Waals surface area (Å²) in [7, 11) is 1.61. The molecular weight excluding hydrogens is 154 g/mol. The normalized spacial score (nSPS) is 9.56. The molecule has 0 atom stereocenters. The van der Waals surface area contributed by atoms with Gasteiger partial charge in [0.1, 0.15) is 7.11 Å². The van der Waals surface area contributed by atoms with E-state index in [2.05, 4.69) is 0 Å². The van der Waals surface area contributed by atoms with Gasteiger partial charge in [-0.3, -0.25) is 0 Å². The number of aromatic nitrogens is 1. The maximum absolute atomic E-state index is 4.94. The van der Waals surface area contributed by atoms with Crippen LogP contribution in [0.4, 0.5) is 0 Å². The number of thiazole rings is 1. The second-order valence-corrected chi connectivity index (χ2v) is 3.12.